The van der Waals surface area contributed by atoms with Crippen LogP contribution in [0.25, 0.3) is 0 Å². The fourth-order valence-electron chi connectivity index (χ4n) is 4.28. The van der Waals surface area contributed by atoms with E-state index >= 15 is 0 Å². The first-order valence-electron chi connectivity index (χ1n) is 7.79. The summed E-state index contributed by atoms with van der Waals surface area (Å²) in [6.45, 7) is 11.3. The molecule has 2 spiro atoms. The van der Waals surface area contributed by atoms with Gasteiger partial charge >= 0.3 is 0 Å². The predicted molar refractivity (Wildman–Crippen MR) is 90.9 cm³/mol. The van der Waals surface area contributed by atoms with Crippen LogP contribution >= 0.6 is 34.0 Å². The Bertz CT molecular complexity index is 241. The molecule has 130 valence electrons. The number of quaternary nitrogens is 2. The lowest BCUT2D eigenvalue weighted by Gasteiger charge is -2.42. The largest absolute Gasteiger partial charge is 1.00 e. The van der Waals surface area contributed by atoms with Gasteiger partial charge in [0.15, 0.2) is 0 Å². The molecule has 0 bridgehead atoms. The monoisotopic (exact) mass is 557 g/mol. The molecule has 1 N–H and O–H groups in total. The van der Waals surface area contributed by atoms with Crippen LogP contribution in [-0.2, 0) is 0 Å². The van der Waals surface area contributed by atoms with Crippen LogP contribution in [0.1, 0.15) is 38.5 Å². The number of hydrogen-bond donors (Lipinski definition) is 1. The molecular weight excluding hydrogens is 530 g/mol. The van der Waals surface area contributed by atoms with Crippen LogP contribution in [0.2, 0.25) is 0 Å². The molecule has 0 amide bonds. The highest BCUT2D eigenvalue weighted by Crippen LogP contribution is 2.24. The lowest BCUT2D eigenvalue weighted by molar-refractivity contribution is -0.993. The summed E-state index contributed by atoms with van der Waals surface area (Å²) in [6, 6.07) is 0. The Balaban J connectivity index is 0. The summed E-state index contributed by atoms with van der Waals surface area (Å²) in [5.74, 6) is 0. The SMILES string of the molecule is Br.Br.C1CC[N+]2(CC1)CCC[N+]1(CCCCN1)CC2.[Br-].[Br-]. The third-order valence-corrected chi connectivity index (χ3v) is 5.45. The van der Waals surface area contributed by atoms with E-state index in [2.05, 4.69) is 5.43 Å². The second kappa shape index (κ2) is 11.4. The molecule has 0 radical (unpaired) electrons. The second-order valence-corrected chi connectivity index (χ2v) is 6.58. The van der Waals surface area contributed by atoms with Gasteiger partial charge in [0, 0.05) is 13.0 Å². The topological polar surface area (TPSA) is 12.0 Å². The highest BCUT2D eigenvalue weighted by molar-refractivity contribution is 8.93. The fraction of sp³-hybridized carbons (Fsp3) is 1.00. The average Bonchev–Trinajstić information content (AvgIpc) is 2.54. The van der Waals surface area contributed by atoms with E-state index in [1.165, 1.54) is 100.0 Å². The van der Waals surface area contributed by atoms with Crippen LogP contribution < -0.4 is 39.4 Å². The lowest BCUT2D eigenvalue weighted by Crippen LogP contribution is -3.00. The van der Waals surface area contributed by atoms with Crippen LogP contribution in [0, 0.1) is 0 Å². The Labute approximate surface area is 172 Å². The van der Waals surface area contributed by atoms with Crippen LogP contribution in [-0.4, -0.2) is 61.4 Å². The number of halogens is 4. The first-order chi connectivity index (χ1) is 8.33. The summed E-state index contributed by atoms with van der Waals surface area (Å²) in [5.41, 5.74) is 3.82. The molecule has 3 aliphatic heterocycles. The molecular formula is C14H31Br4N3. The van der Waals surface area contributed by atoms with Gasteiger partial charge in [0.2, 0.25) is 0 Å². The molecule has 0 aliphatic carbocycles. The van der Waals surface area contributed by atoms with Gasteiger partial charge in [0.1, 0.15) is 19.6 Å². The van der Waals surface area contributed by atoms with Crippen molar-refractivity contribution in [1.29, 1.82) is 0 Å². The zero-order valence-corrected chi connectivity index (χ0v) is 19.5. The van der Waals surface area contributed by atoms with E-state index in [4.69, 9.17) is 0 Å². The number of piperidine rings is 1. The first kappa shape index (κ1) is 25.0. The molecule has 1 unspecified atom stereocenters. The molecule has 21 heavy (non-hydrogen) atoms. The van der Waals surface area contributed by atoms with Crippen molar-refractivity contribution in [2.75, 3.05) is 52.4 Å². The van der Waals surface area contributed by atoms with Crippen molar-refractivity contribution in [3.05, 3.63) is 0 Å². The minimum Gasteiger partial charge on any atom is -1.00 e. The molecule has 3 heterocycles. The molecule has 0 aromatic heterocycles. The van der Waals surface area contributed by atoms with E-state index in [0.29, 0.717) is 0 Å². The van der Waals surface area contributed by atoms with Crippen molar-refractivity contribution in [3.63, 3.8) is 0 Å². The van der Waals surface area contributed by atoms with Crippen molar-refractivity contribution in [2.45, 2.75) is 38.5 Å². The Hall–Kier alpha value is 1.80. The summed E-state index contributed by atoms with van der Waals surface area (Å²) >= 11 is 0. The van der Waals surface area contributed by atoms with Gasteiger partial charge in [0.05, 0.1) is 26.2 Å². The van der Waals surface area contributed by atoms with Gasteiger partial charge in [-0.3, -0.25) is 0 Å². The third-order valence-electron chi connectivity index (χ3n) is 5.45. The van der Waals surface area contributed by atoms with E-state index in [9.17, 15) is 0 Å². The number of nitrogens with one attached hydrogen (secondary N) is 1. The number of nitrogens with zero attached hydrogens (tertiary/aromatic N) is 2. The Morgan fingerprint density at radius 2 is 1.10 bits per heavy atom. The van der Waals surface area contributed by atoms with E-state index in [-0.39, 0.29) is 67.9 Å². The fourth-order valence-corrected chi connectivity index (χ4v) is 4.28. The highest BCUT2D eigenvalue weighted by Gasteiger charge is 2.40. The van der Waals surface area contributed by atoms with Gasteiger partial charge in [-0.15, -0.1) is 34.0 Å². The van der Waals surface area contributed by atoms with E-state index in [1.807, 2.05) is 0 Å². The van der Waals surface area contributed by atoms with Gasteiger partial charge in [-0.05, 0) is 32.1 Å². The normalized spacial score (nSPS) is 30.9. The summed E-state index contributed by atoms with van der Waals surface area (Å²) in [4.78, 5) is 0. The molecule has 0 aromatic rings. The zero-order valence-electron chi connectivity index (χ0n) is 12.9. The van der Waals surface area contributed by atoms with Crippen molar-refractivity contribution in [3.8, 4) is 0 Å². The standard InChI is InChI=1S/C14H29N3.4BrH/c1-3-8-16(9-4-1)10-6-12-17(14-13-16)11-5-2-7-15-17;;;;/h15H,1-14H2;4*1H/q+2;;;;/p-2. The minimum absolute atomic E-state index is 0. The zero-order chi connectivity index (χ0) is 11.6. The Kier molecular flexibility index (Phi) is 13.6. The molecule has 1 atom stereocenters. The van der Waals surface area contributed by atoms with Crippen LogP contribution in [0.4, 0.5) is 0 Å². The van der Waals surface area contributed by atoms with Gasteiger partial charge in [-0.1, -0.05) is 0 Å². The third kappa shape index (κ3) is 6.31. The van der Waals surface area contributed by atoms with E-state index < -0.39 is 0 Å². The van der Waals surface area contributed by atoms with Crippen LogP contribution in [0.5, 0.6) is 0 Å². The first-order valence-corrected chi connectivity index (χ1v) is 7.79. The molecule has 7 heteroatoms. The molecule has 0 aromatic carbocycles. The van der Waals surface area contributed by atoms with Crippen LogP contribution in [0.3, 0.4) is 0 Å². The quantitative estimate of drug-likeness (QED) is 0.306. The molecule has 0 saturated carbocycles. The summed E-state index contributed by atoms with van der Waals surface area (Å²) < 4.78 is 2.71. The molecule has 3 fully saturated rings. The predicted octanol–water partition coefficient (Wildman–Crippen LogP) is -3.33. The lowest BCUT2D eigenvalue weighted by atomic mass is 10.1. The molecule has 3 aliphatic rings. The summed E-state index contributed by atoms with van der Waals surface area (Å²) in [5, 5.41) is 0. The summed E-state index contributed by atoms with van der Waals surface area (Å²) in [7, 11) is 0. The average molecular weight is 561 g/mol. The Morgan fingerprint density at radius 1 is 0.524 bits per heavy atom. The number of hydrogen-bond acceptors (Lipinski definition) is 1. The van der Waals surface area contributed by atoms with Crippen LogP contribution in [0.15, 0.2) is 0 Å². The minimum atomic E-state index is 0. The maximum absolute atomic E-state index is 3.82. The maximum atomic E-state index is 3.82. The number of rotatable bonds is 0. The molecule has 3 rings (SSSR count). The van der Waals surface area contributed by atoms with E-state index in [0.717, 1.165) is 0 Å². The van der Waals surface area contributed by atoms with Gasteiger partial charge < -0.3 is 38.4 Å². The smallest absolute Gasteiger partial charge is 0.146 e. The van der Waals surface area contributed by atoms with E-state index in [1.54, 1.807) is 0 Å². The molecule has 3 saturated heterocycles. The van der Waals surface area contributed by atoms with Gasteiger partial charge in [-0.25, -0.2) is 4.59 Å². The van der Waals surface area contributed by atoms with Crippen molar-refractivity contribution < 1.29 is 43.0 Å². The van der Waals surface area contributed by atoms with Gasteiger partial charge in [0.25, 0.3) is 0 Å². The second-order valence-electron chi connectivity index (χ2n) is 6.58. The van der Waals surface area contributed by atoms with Gasteiger partial charge in [-0.2, -0.15) is 5.43 Å². The van der Waals surface area contributed by atoms with Crippen molar-refractivity contribution >= 4 is 34.0 Å². The summed E-state index contributed by atoms with van der Waals surface area (Å²) in [6.07, 6.45) is 8.71. The van der Waals surface area contributed by atoms with Crippen molar-refractivity contribution in [1.82, 2.24) is 5.43 Å². The maximum Gasteiger partial charge on any atom is 0.146 e. The Morgan fingerprint density at radius 3 is 1.71 bits per heavy atom. The highest BCUT2D eigenvalue weighted by atomic mass is 79.9. The van der Waals surface area contributed by atoms with Crippen molar-refractivity contribution in [2.24, 2.45) is 0 Å². The molecule has 3 nitrogen and oxygen atoms in total.